The number of carbonyl (C=O) groups is 1. The quantitative estimate of drug-likeness (QED) is 0.787. The summed E-state index contributed by atoms with van der Waals surface area (Å²) in [6.07, 6.45) is 2.48. The number of hydrogen-bond acceptors (Lipinski definition) is 3. The lowest BCUT2D eigenvalue weighted by Gasteiger charge is -2.13. The molecule has 0 aliphatic carbocycles. The largest absolute Gasteiger partial charge is 0.477 e. The highest BCUT2D eigenvalue weighted by Crippen LogP contribution is 2.20. The first-order valence-corrected chi connectivity index (χ1v) is 5.74. The summed E-state index contributed by atoms with van der Waals surface area (Å²) in [4.78, 5) is 11.0. The molecule has 0 aromatic heterocycles. The molecule has 1 aliphatic heterocycles. The fourth-order valence-corrected chi connectivity index (χ4v) is 2.14. The van der Waals surface area contributed by atoms with Crippen molar-refractivity contribution >= 4 is 17.9 Å². The molecule has 3 nitrogen and oxygen atoms in total. The molecule has 0 amide bonds. The monoisotopic (exact) mass is 233 g/mol. The summed E-state index contributed by atoms with van der Waals surface area (Å²) in [5.74, 6) is -0.914. The van der Waals surface area contributed by atoms with Gasteiger partial charge in [-0.2, -0.15) is 0 Å². The summed E-state index contributed by atoms with van der Waals surface area (Å²) < 4.78 is 2.80. The Labute approximate surface area is 98.0 Å². The minimum Gasteiger partial charge on any atom is -0.477 e. The lowest BCUT2D eigenvalue weighted by Crippen LogP contribution is -2.18. The molecule has 0 saturated heterocycles. The molecular weight excluding hydrogens is 222 g/mol. The zero-order valence-electron chi connectivity index (χ0n) is 8.51. The zero-order chi connectivity index (χ0) is 11.4. The predicted octanol–water partition coefficient (Wildman–Crippen LogP) is 2.33. The highest BCUT2D eigenvalue weighted by molar-refractivity contribution is 8.00. The highest BCUT2D eigenvalue weighted by Gasteiger charge is 2.15. The Bertz CT molecular complexity index is 451. The van der Waals surface area contributed by atoms with Crippen molar-refractivity contribution in [3.63, 3.8) is 0 Å². The third-order valence-electron chi connectivity index (χ3n) is 2.27. The molecule has 0 bridgehead atoms. The predicted molar refractivity (Wildman–Crippen MR) is 64.7 cm³/mol. The number of nitrogens with one attached hydrogen (secondary N) is 1. The molecule has 0 unspecified atom stereocenters. The van der Waals surface area contributed by atoms with E-state index in [0.29, 0.717) is 6.42 Å². The van der Waals surface area contributed by atoms with Gasteiger partial charge in [0.1, 0.15) is 5.70 Å². The van der Waals surface area contributed by atoms with Gasteiger partial charge in [-0.3, -0.25) is 0 Å². The second-order valence-electron chi connectivity index (χ2n) is 3.39. The number of carboxylic acid groups (broad SMARTS) is 1. The van der Waals surface area contributed by atoms with Crippen molar-refractivity contribution in [1.82, 2.24) is 4.72 Å². The van der Waals surface area contributed by atoms with E-state index < -0.39 is 5.97 Å². The SMILES string of the molecule is O=C(O)C1=C(Cc2ccccc2)C=CSN1. The van der Waals surface area contributed by atoms with Crippen LogP contribution in [0.4, 0.5) is 0 Å². The van der Waals surface area contributed by atoms with Crippen LogP contribution in [-0.2, 0) is 11.2 Å². The van der Waals surface area contributed by atoms with E-state index in [9.17, 15) is 4.79 Å². The zero-order valence-corrected chi connectivity index (χ0v) is 9.33. The van der Waals surface area contributed by atoms with Gasteiger partial charge in [0.25, 0.3) is 0 Å². The summed E-state index contributed by atoms with van der Waals surface area (Å²) in [5, 5.41) is 10.9. The Morgan fingerprint density at radius 3 is 2.75 bits per heavy atom. The average molecular weight is 233 g/mol. The molecule has 1 aliphatic rings. The number of allylic oxidation sites excluding steroid dienone is 2. The van der Waals surface area contributed by atoms with Crippen LogP contribution < -0.4 is 4.72 Å². The molecule has 1 aromatic carbocycles. The smallest absolute Gasteiger partial charge is 0.353 e. The van der Waals surface area contributed by atoms with Gasteiger partial charge < -0.3 is 9.83 Å². The molecular formula is C12H11NO2S. The number of carboxylic acids is 1. The van der Waals surface area contributed by atoms with E-state index in [2.05, 4.69) is 4.72 Å². The molecule has 0 radical (unpaired) electrons. The van der Waals surface area contributed by atoms with Crippen LogP contribution >= 0.6 is 11.9 Å². The lowest BCUT2D eigenvalue weighted by atomic mass is 10.0. The van der Waals surface area contributed by atoms with Gasteiger partial charge in [-0.15, -0.1) is 0 Å². The topological polar surface area (TPSA) is 49.3 Å². The van der Waals surface area contributed by atoms with E-state index in [1.54, 1.807) is 0 Å². The summed E-state index contributed by atoms with van der Waals surface area (Å²) in [6.45, 7) is 0. The third kappa shape index (κ3) is 2.46. The average Bonchev–Trinajstić information content (AvgIpc) is 2.31. The van der Waals surface area contributed by atoms with Crippen LogP contribution in [0.15, 0.2) is 53.1 Å². The Hall–Kier alpha value is -1.68. The minimum atomic E-state index is -0.914. The fraction of sp³-hybridized carbons (Fsp3) is 0.0833. The molecule has 0 saturated carbocycles. The van der Waals surface area contributed by atoms with E-state index in [1.165, 1.54) is 11.9 Å². The molecule has 0 fully saturated rings. The van der Waals surface area contributed by atoms with Gasteiger partial charge in [0.2, 0.25) is 0 Å². The maximum atomic E-state index is 11.0. The standard InChI is InChI=1S/C12H11NO2S/c14-12(15)11-10(6-7-16-13-11)8-9-4-2-1-3-5-9/h1-7,13H,8H2,(H,14,15). The van der Waals surface area contributed by atoms with Crippen LogP contribution in [0, 0.1) is 0 Å². The second-order valence-corrected chi connectivity index (χ2v) is 4.10. The van der Waals surface area contributed by atoms with Gasteiger partial charge in [-0.1, -0.05) is 30.3 Å². The third-order valence-corrected chi connectivity index (χ3v) is 2.86. The van der Waals surface area contributed by atoms with Crippen molar-refractivity contribution in [3.05, 3.63) is 58.6 Å². The molecule has 16 heavy (non-hydrogen) atoms. The molecule has 1 heterocycles. The summed E-state index contributed by atoms with van der Waals surface area (Å²) in [5.41, 5.74) is 2.18. The summed E-state index contributed by atoms with van der Waals surface area (Å²) >= 11 is 1.28. The molecule has 2 N–H and O–H groups in total. The maximum absolute atomic E-state index is 11.0. The normalized spacial score (nSPS) is 14.8. The van der Waals surface area contributed by atoms with Crippen molar-refractivity contribution in [2.45, 2.75) is 6.42 Å². The molecule has 0 spiro atoms. The maximum Gasteiger partial charge on any atom is 0.353 e. The van der Waals surface area contributed by atoms with Gasteiger partial charge in [0, 0.05) is 0 Å². The number of rotatable bonds is 3. The van der Waals surface area contributed by atoms with Crippen molar-refractivity contribution in [1.29, 1.82) is 0 Å². The van der Waals surface area contributed by atoms with Gasteiger partial charge in [0.05, 0.1) is 0 Å². The van der Waals surface area contributed by atoms with Gasteiger partial charge >= 0.3 is 5.97 Å². The summed E-state index contributed by atoms with van der Waals surface area (Å²) in [6, 6.07) is 9.82. The van der Waals surface area contributed by atoms with Crippen LogP contribution in [0.3, 0.4) is 0 Å². The van der Waals surface area contributed by atoms with E-state index in [1.807, 2.05) is 41.8 Å². The fourth-order valence-electron chi connectivity index (χ4n) is 1.50. The number of aliphatic carboxylic acids is 1. The van der Waals surface area contributed by atoms with Gasteiger partial charge in [-0.25, -0.2) is 4.79 Å². The van der Waals surface area contributed by atoms with Crippen LogP contribution in [0.2, 0.25) is 0 Å². The molecule has 1 aromatic rings. The molecule has 2 rings (SSSR count). The van der Waals surface area contributed by atoms with Crippen LogP contribution in [-0.4, -0.2) is 11.1 Å². The molecule has 4 heteroatoms. The van der Waals surface area contributed by atoms with Gasteiger partial charge in [-0.05, 0) is 41.0 Å². The van der Waals surface area contributed by atoms with E-state index >= 15 is 0 Å². The molecule has 82 valence electrons. The first-order chi connectivity index (χ1) is 7.77. The highest BCUT2D eigenvalue weighted by atomic mass is 32.2. The molecule has 0 atom stereocenters. The minimum absolute atomic E-state index is 0.274. The number of hydrogen-bond donors (Lipinski definition) is 2. The van der Waals surface area contributed by atoms with Crippen molar-refractivity contribution < 1.29 is 9.90 Å². The van der Waals surface area contributed by atoms with Crippen molar-refractivity contribution in [3.8, 4) is 0 Å². The Morgan fingerprint density at radius 1 is 1.31 bits per heavy atom. The van der Waals surface area contributed by atoms with Gasteiger partial charge in [0.15, 0.2) is 0 Å². The first kappa shape index (κ1) is 10.8. The Kier molecular flexibility index (Phi) is 3.31. The Balaban J connectivity index is 2.25. The van der Waals surface area contributed by atoms with E-state index in [-0.39, 0.29) is 5.70 Å². The van der Waals surface area contributed by atoms with Crippen molar-refractivity contribution in [2.24, 2.45) is 0 Å². The Morgan fingerprint density at radius 2 is 2.06 bits per heavy atom. The van der Waals surface area contributed by atoms with E-state index in [4.69, 9.17) is 5.11 Å². The van der Waals surface area contributed by atoms with Crippen LogP contribution in [0.1, 0.15) is 5.56 Å². The number of benzene rings is 1. The lowest BCUT2D eigenvalue weighted by molar-refractivity contribution is -0.132. The van der Waals surface area contributed by atoms with Crippen LogP contribution in [0.5, 0.6) is 0 Å². The second kappa shape index (κ2) is 4.90. The first-order valence-electron chi connectivity index (χ1n) is 4.86. The van der Waals surface area contributed by atoms with E-state index in [0.717, 1.165) is 11.1 Å². The van der Waals surface area contributed by atoms with Crippen molar-refractivity contribution in [2.75, 3.05) is 0 Å². The summed E-state index contributed by atoms with van der Waals surface area (Å²) in [7, 11) is 0. The van der Waals surface area contributed by atoms with Crippen LogP contribution in [0.25, 0.3) is 0 Å².